The Morgan fingerprint density at radius 2 is 1.86 bits per heavy atom. The summed E-state index contributed by atoms with van der Waals surface area (Å²) in [5.74, 6) is 0.158. The Hall–Kier alpha value is -2.64. The summed E-state index contributed by atoms with van der Waals surface area (Å²) in [6.45, 7) is 5.82. The van der Waals surface area contributed by atoms with Gasteiger partial charge in [-0.3, -0.25) is 9.59 Å². The SMILES string of the molecule is CC(=O)Nc1c(C)ccc(CNC(=O)CSc2nc(-c3ccccc3)cs2)c1C. The van der Waals surface area contributed by atoms with Gasteiger partial charge in [0, 0.05) is 30.1 Å². The van der Waals surface area contributed by atoms with Crippen LogP contribution in [0.2, 0.25) is 0 Å². The molecule has 150 valence electrons. The van der Waals surface area contributed by atoms with E-state index in [1.165, 1.54) is 18.7 Å². The molecule has 3 rings (SSSR count). The van der Waals surface area contributed by atoms with E-state index in [9.17, 15) is 9.59 Å². The summed E-state index contributed by atoms with van der Waals surface area (Å²) >= 11 is 2.98. The fourth-order valence-corrected chi connectivity index (χ4v) is 4.55. The van der Waals surface area contributed by atoms with Crippen molar-refractivity contribution in [2.45, 2.75) is 31.7 Å². The van der Waals surface area contributed by atoms with E-state index in [0.717, 1.165) is 38.0 Å². The van der Waals surface area contributed by atoms with Crippen LogP contribution < -0.4 is 10.6 Å². The zero-order valence-corrected chi connectivity index (χ0v) is 18.2. The van der Waals surface area contributed by atoms with Gasteiger partial charge >= 0.3 is 0 Å². The lowest BCUT2D eigenvalue weighted by molar-refractivity contribution is -0.118. The van der Waals surface area contributed by atoms with Gasteiger partial charge < -0.3 is 10.6 Å². The van der Waals surface area contributed by atoms with Crippen LogP contribution in [0, 0.1) is 13.8 Å². The van der Waals surface area contributed by atoms with E-state index in [0.29, 0.717) is 12.3 Å². The maximum absolute atomic E-state index is 12.3. The summed E-state index contributed by atoms with van der Waals surface area (Å²) < 4.78 is 0.874. The lowest BCUT2D eigenvalue weighted by Crippen LogP contribution is -2.25. The van der Waals surface area contributed by atoms with Crippen LogP contribution in [-0.2, 0) is 16.1 Å². The van der Waals surface area contributed by atoms with Gasteiger partial charge in [-0.25, -0.2) is 4.98 Å². The highest BCUT2D eigenvalue weighted by Gasteiger charge is 2.11. The van der Waals surface area contributed by atoms with Crippen molar-refractivity contribution in [2.75, 3.05) is 11.1 Å². The van der Waals surface area contributed by atoms with Crippen molar-refractivity contribution < 1.29 is 9.59 Å². The van der Waals surface area contributed by atoms with Crippen molar-refractivity contribution in [1.29, 1.82) is 0 Å². The minimum absolute atomic E-state index is 0.0486. The van der Waals surface area contributed by atoms with Crippen LogP contribution in [-0.4, -0.2) is 22.6 Å². The molecule has 0 aliphatic heterocycles. The van der Waals surface area contributed by atoms with E-state index in [1.54, 1.807) is 11.3 Å². The summed E-state index contributed by atoms with van der Waals surface area (Å²) in [7, 11) is 0. The average Bonchev–Trinajstić information content (AvgIpc) is 3.18. The molecule has 0 aliphatic carbocycles. The third-order valence-corrected chi connectivity index (χ3v) is 6.46. The van der Waals surface area contributed by atoms with Crippen molar-refractivity contribution in [3.8, 4) is 11.3 Å². The molecule has 7 heteroatoms. The van der Waals surface area contributed by atoms with E-state index in [-0.39, 0.29) is 11.8 Å². The summed E-state index contributed by atoms with van der Waals surface area (Å²) in [6, 6.07) is 13.9. The largest absolute Gasteiger partial charge is 0.351 e. The Labute approximate surface area is 179 Å². The quantitative estimate of drug-likeness (QED) is 0.534. The van der Waals surface area contributed by atoms with Gasteiger partial charge in [0.1, 0.15) is 0 Å². The van der Waals surface area contributed by atoms with Crippen molar-refractivity contribution >= 4 is 40.6 Å². The van der Waals surface area contributed by atoms with Gasteiger partial charge in [0.05, 0.1) is 11.4 Å². The summed E-state index contributed by atoms with van der Waals surface area (Å²) in [6.07, 6.45) is 0. The predicted molar refractivity (Wildman–Crippen MR) is 120 cm³/mol. The Bertz CT molecular complexity index is 1020. The van der Waals surface area contributed by atoms with Gasteiger partial charge in [-0.05, 0) is 30.5 Å². The molecule has 0 unspecified atom stereocenters. The first-order valence-electron chi connectivity index (χ1n) is 9.21. The average molecular weight is 426 g/mol. The molecule has 5 nitrogen and oxygen atoms in total. The highest BCUT2D eigenvalue weighted by atomic mass is 32.2. The van der Waals surface area contributed by atoms with Gasteiger partial charge in [0.15, 0.2) is 4.34 Å². The number of amides is 2. The number of hydrogen-bond acceptors (Lipinski definition) is 5. The first-order chi connectivity index (χ1) is 13.9. The first kappa shape index (κ1) is 21.1. The third-order valence-electron chi connectivity index (χ3n) is 4.44. The molecule has 29 heavy (non-hydrogen) atoms. The van der Waals surface area contributed by atoms with Crippen molar-refractivity contribution in [1.82, 2.24) is 10.3 Å². The molecule has 0 saturated heterocycles. The van der Waals surface area contributed by atoms with Crippen LogP contribution in [0.1, 0.15) is 23.6 Å². The van der Waals surface area contributed by atoms with Gasteiger partial charge in [-0.15, -0.1) is 11.3 Å². The fraction of sp³-hybridized carbons (Fsp3) is 0.227. The second kappa shape index (κ2) is 9.71. The lowest BCUT2D eigenvalue weighted by Gasteiger charge is -2.15. The maximum atomic E-state index is 12.3. The van der Waals surface area contributed by atoms with E-state index < -0.39 is 0 Å². The minimum atomic E-state index is -0.105. The van der Waals surface area contributed by atoms with Crippen LogP contribution in [0.4, 0.5) is 5.69 Å². The number of benzene rings is 2. The predicted octanol–water partition coefficient (Wildman–Crippen LogP) is 4.79. The van der Waals surface area contributed by atoms with Crippen molar-refractivity contribution in [2.24, 2.45) is 0 Å². The van der Waals surface area contributed by atoms with Crippen LogP contribution in [0.15, 0.2) is 52.2 Å². The van der Waals surface area contributed by atoms with Crippen LogP contribution in [0.5, 0.6) is 0 Å². The van der Waals surface area contributed by atoms with E-state index in [1.807, 2.05) is 61.7 Å². The third kappa shape index (κ3) is 5.68. The monoisotopic (exact) mass is 425 g/mol. The van der Waals surface area contributed by atoms with E-state index >= 15 is 0 Å². The molecule has 0 radical (unpaired) electrons. The minimum Gasteiger partial charge on any atom is -0.351 e. The topological polar surface area (TPSA) is 71.1 Å². The molecule has 2 aromatic carbocycles. The number of nitrogens with zero attached hydrogens (tertiary/aromatic N) is 1. The smallest absolute Gasteiger partial charge is 0.230 e. The molecule has 0 spiro atoms. The molecular weight excluding hydrogens is 402 g/mol. The number of thioether (sulfide) groups is 1. The number of anilines is 1. The molecule has 2 N–H and O–H groups in total. The fourth-order valence-electron chi connectivity index (χ4n) is 2.89. The van der Waals surface area contributed by atoms with Crippen molar-refractivity contribution in [3.63, 3.8) is 0 Å². The highest BCUT2D eigenvalue weighted by molar-refractivity contribution is 8.01. The number of rotatable bonds is 7. The summed E-state index contributed by atoms with van der Waals surface area (Å²) in [5, 5.41) is 7.83. The number of aryl methyl sites for hydroxylation is 1. The number of carbonyl (C=O) groups is 2. The Balaban J connectivity index is 1.54. The normalized spacial score (nSPS) is 10.6. The molecular formula is C22H23N3O2S2. The molecule has 2 amide bonds. The molecule has 0 atom stereocenters. The van der Waals surface area contributed by atoms with E-state index in [4.69, 9.17) is 0 Å². The van der Waals surface area contributed by atoms with Crippen LogP contribution in [0.25, 0.3) is 11.3 Å². The molecule has 0 fully saturated rings. The second-order valence-corrected chi connectivity index (χ2v) is 8.73. The highest BCUT2D eigenvalue weighted by Crippen LogP contribution is 2.28. The number of aromatic nitrogens is 1. The second-order valence-electron chi connectivity index (χ2n) is 6.65. The Morgan fingerprint density at radius 1 is 1.10 bits per heavy atom. The Morgan fingerprint density at radius 3 is 2.59 bits per heavy atom. The van der Waals surface area contributed by atoms with Crippen LogP contribution >= 0.6 is 23.1 Å². The standard InChI is InChI=1S/C22H23N3O2S2/c1-14-9-10-18(15(2)21(14)24-16(3)26)11-23-20(27)13-29-22-25-19(12-28-22)17-7-5-4-6-8-17/h4-10,12H,11,13H2,1-3H3,(H,23,27)(H,24,26). The van der Waals surface area contributed by atoms with Crippen molar-refractivity contribution in [3.05, 3.63) is 64.5 Å². The zero-order valence-electron chi connectivity index (χ0n) is 16.6. The van der Waals surface area contributed by atoms with Gasteiger partial charge in [0.25, 0.3) is 0 Å². The Kier molecular flexibility index (Phi) is 7.06. The first-order valence-corrected chi connectivity index (χ1v) is 11.1. The molecule has 1 heterocycles. The number of hydrogen-bond donors (Lipinski definition) is 2. The number of thiazole rings is 1. The van der Waals surface area contributed by atoms with Gasteiger partial charge in [-0.1, -0.05) is 54.2 Å². The maximum Gasteiger partial charge on any atom is 0.230 e. The van der Waals surface area contributed by atoms with Crippen LogP contribution in [0.3, 0.4) is 0 Å². The molecule has 1 aromatic heterocycles. The van der Waals surface area contributed by atoms with Gasteiger partial charge in [0.2, 0.25) is 11.8 Å². The molecule has 0 aliphatic rings. The number of nitrogens with one attached hydrogen (secondary N) is 2. The molecule has 0 bridgehead atoms. The zero-order chi connectivity index (χ0) is 20.8. The number of carbonyl (C=O) groups excluding carboxylic acids is 2. The summed E-state index contributed by atoms with van der Waals surface area (Å²) in [5.41, 5.74) is 5.78. The van der Waals surface area contributed by atoms with E-state index in [2.05, 4.69) is 15.6 Å². The summed E-state index contributed by atoms with van der Waals surface area (Å²) in [4.78, 5) is 28.3. The lowest BCUT2D eigenvalue weighted by atomic mass is 10.0. The molecule has 0 saturated carbocycles. The van der Waals surface area contributed by atoms with Gasteiger partial charge in [-0.2, -0.15) is 0 Å². The molecule has 3 aromatic rings.